The molecule has 0 aliphatic carbocycles. The van der Waals surface area contributed by atoms with Crippen LogP contribution in [0.5, 0.6) is 5.75 Å². The summed E-state index contributed by atoms with van der Waals surface area (Å²) >= 11 is 0. The summed E-state index contributed by atoms with van der Waals surface area (Å²) in [6, 6.07) is 8.67. The summed E-state index contributed by atoms with van der Waals surface area (Å²) in [5, 5.41) is 3.39. The lowest BCUT2D eigenvalue weighted by atomic mass is 9.90. The molecule has 1 aromatic carbocycles. The van der Waals surface area contributed by atoms with E-state index in [4.69, 9.17) is 0 Å². The quantitative estimate of drug-likeness (QED) is 0.325. The normalized spacial score (nSPS) is 16.0. The van der Waals surface area contributed by atoms with Crippen molar-refractivity contribution in [2.45, 2.75) is 65.4 Å². The molecule has 2 aromatic heterocycles. The first-order chi connectivity index (χ1) is 18.9. The summed E-state index contributed by atoms with van der Waals surface area (Å²) < 4.78 is 70.4. The van der Waals surface area contributed by atoms with Crippen molar-refractivity contribution in [3.8, 4) is 5.75 Å². The van der Waals surface area contributed by atoms with Gasteiger partial charge in [-0.15, -0.1) is 0 Å². The number of nitrogens with one attached hydrogen (secondary N) is 2. The third kappa shape index (κ3) is 6.65. The Bertz CT molecular complexity index is 1410. The molecule has 218 valence electrons. The van der Waals surface area contributed by atoms with Crippen molar-refractivity contribution >= 4 is 16.8 Å². The molecular formula is C28H33F5N4O3. The van der Waals surface area contributed by atoms with Gasteiger partial charge in [0.2, 0.25) is 0 Å². The van der Waals surface area contributed by atoms with Crippen LogP contribution in [0.2, 0.25) is 0 Å². The van der Waals surface area contributed by atoms with Crippen molar-refractivity contribution in [3.05, 3.63) is 63.2 Å². The van der Waals surface area contributed by atoms with E-state index >= 15 is 0 Å². The fraction of sp³-hybridized carbons (Fsp3) is 0.500. The van der Waals surface area contributed by atoms with Gasteiger partial charge in [0.15, 0.2) is 0 Å². The number of likely N-dealkylation sites (tertiary alicyclic amines) is 1. The molecule has 40 heavy (non-hydrogen) atoms. The number of halogens is 5. The molecule has 1 amide bonds. The SMILES string of the molecule is Cc1cc(OC(F)F)c(CNC(=O)c2c(C)n([C@H](C)C3CCN(CCC(F)(F)F)CC3)c3ccccc23)c(=O)[nH]1. The Morgan fingerprint density at radius 1 is 1.18 bits per heavy atom. The number of alkyl halides is 5. The number of H-pyrrole nitrogens is 1. The second kappa shape index (κ2) is 12.0. The van der Waals surface area contributed by atoms with Gasteiger partial charge >= 0.3 is 12.8 Å². The molecule has 1 saturated heterocycles. The van der Waals surface area contributed by atoms with Crippen molar-refractivity contribution in [2.75, 3.05) is 19.6 Å². The number of hydrogen-bond donors (Lipinski definition) is 2. The van der Waals surface area contributed by atoms with Crippen LogP contribution in [0, 0.1) is 19.8 Å². The van der Waals surface area contributed by atoms with E-state index in [-0.39, 0.29) is 36.4 Å². The van der Waals surface area contributed by atoms with Crippen LogP contribution in [-0.4, -0.2) is 52.8 Å². The number of carbonyl (C=O) groups is 1. The highest BCUT2D eigenvalue weighted by molar-refractivity contribution is 6.08. The average molecular weight is 569 g/mol. The zero-order valence-corrected chi connectivity index (χ0v) is 22.6. The molecule has 0 radical (unpaired) electrons. The maximum Gasteiger partial charge on any atom is 0.390 e. The second-order valence-corrected chi connectivity index (χ2v) is 10.3. The summed E-state index contributed by atoms with van der Waals surface area (Å²) in [6.45, 7) is 3.11. The summed E-state index contributed by atoms with van der Waals surface area (Å²) in [7, 11) is 0. The van der Waals surface area contributed by atoms with E-state index in [2.05, 4.69) is 26.5 Å². The predicted molar refractivity (Wildman–Crippen MR) is 141 cm³/mol. The number of pyridine rings is 1. The molecule has 0 spiro atoms. The second-order valence-electron chi connectivity index (χ2n) is 10.3. The minimum atomic E-state index is -4.17. The van der Waals surface area contributed by atoms with Gasteiger partial charge in [-0.1, -0.05) is 18.2 Å². The number of ether oxygens (including phenoxy) is 1. The molecule has 0 saturated carbocycles. The minimum Gasteiger partial charge on any atom is -0.434 e. The van der Waals surface area contributed by atoms with Gasteiger partial charge in [-0.3, -0.25) is 9.59 Å². The molecule has 12 heteroatoms. The number of para-hydroxylation sites is 1. The number of aromatic amines is 1. The van der Waals surface area contributed by atoms with Crippen LogP contribution >= 0.6 is 0 Å². The third-order valence-corrected chi connectivity index (χ3v) is 7.69. The molecule has 2 N–H and O–H groups in total. The predicted octanol–water partition coefficient (Wildman–Crippen LogP) is 5.70. The summed E-state index contributed by atoms with van der Waals surface area (Å²) in [5.41, 5.74) is 1.54. The number of rotatable bonds is 9. The standard InChI is InChI=1S/C28H33F5N4O3/c1-16-14-23(40-27(29)30)21(25(38)35-16)15-34-26(39)24-18(3)37(22-7-5-4-6-20(22)24)17(2)19-8-11-36(12-9-19)13-10-28(31,32)33/h4-7,14,17,19,27H,8-13,15H2,1-3H3,(H,34,39)(H,35,38)/t17-/m1/s1. The molecule has 0 unspecified atom stereocenters. The molecule has 1 aliphatic rings. The molecule has 3 aromatic rings. The highest BCUT2D eigenvalue weighted by atomic mass is 19.4. The van der Waals surface area contributed by atoms with Gasteiger partial charge < -0.3 is 24.5 Å². The maximum atomic E-state index is 13.4. The number of piperidine rings is 1. The van der Waals surface area contributed by atoms with Crippen molar-refractivity contribution in [3.63, 3.8) is 0 Å². The molecule has 4 rings (SSSR count). The highest BCUT2D eigenvalue weighted by Crippen LogP contribution is 2.36. The topological polar surface area (TPSA) is 79.4 Å². The first kappa shape index (κ1) is 29.6. The molecule has 1 atom stereocenters. The van der Waals surface area contributed by atoms with Crippen LogP contribution in [0.4, 0.5) is 22.0 Å². The van der Waals surface area contributed by atoms with Crippen LogP contribution in [0.25, 0.3) is 10.9 Å². The number of carbonyl (C=O) groups excluding carboxylic acids is 1. The first-order valence-electron chi connectivity index (χ1n) is 13.2. The van der Waals surface area contributed by atoms with Crippen LogP contribution in [0.15, 0.2) is 35.1 Å². The van der Waals surface area contributed by atoms with Crippen LogP contribution in [0.3, 0.4) is 0 Å². The Morgan fingerprint density at radius 2 is 1.85 bits per heavy atom. The van der Waals surface area contributed by atoms with Crippen molar-refractivity contribution < 1.29 is 31.5 Å². The van der Waals surface area contributed by atoms with Gasteiger partial charge in [-0.25, -0.2) is 0 Å². The molecule has 0 bridgehead atoms. The number of benzene rings is 1. The Balaban J connectivity index is 1.54. The van der Waals surface area contributed by atoms with Crippen molar-refractivity contribution in [1.29, 1.82) is 0 Å². The van der Waals surface area contributed by atoms with E-state index in [1.54, 1.807) is 0 Å². The largest absolute Gasteiger partial charge is 0.434 e. The lowest BCUT2D eigenvalue weighted by Crippen LogP contribution is -2.38. The number of nitrogens with zero attached hydrogens (tertiary/aromatic N) is 2. The van der Waals surface area contributed by atoms with E-state index in [1.165, 1.54) is 13.0 Å². The Morgan fingerprint density at radius 3 is 2.50 bits per heavy atom. The molecule has 7 nitrogen and oxygen atoms in total. The molecule has 1 aliphatic heterocycles. The Labute approximate surface area is 228 Å². The van der Waals surface area contributed by atoms with E-state index in [9.17, 15) is 31.5 Å². The van der Waals surface area contributed by atoms with E-state index < -0.39 is 30.7 Å². The fourth-order valence-corrected chi connectivity index (χ4v) is 5.67. The Kier molecular flexibility index (Phi) is 8.86. The number of aryl methyl sites for hydroxylation is 1. The number of aromatic nitrogens is 2. The van der Waals surface area contributed by atoms with Crippen LogP contribution in [-0.2, 0) is 6.54 Å². The van der Waals surface area contributed by atoms with Gasteiger partial charge in [0.1, 0.15) is 5.75 Å². The average Bonchev–Trinajstić information content (AvgIpc) is 3.17. The first-order valence-corrected chi connectivity index (χ1v) is 13.2. The van der Waals surface area contributed by atoms with Gasteiger partial charge in [-0.2, -0.15) is 22.0 Å². The lowest BCUT2D eigenvalue weighted by Gasteiger charge is -2.36. The maximum absolute atomic E-state index is 13.4. The van der Waals surface area contributed by atoms with Crippen LogP contribution in [0.1, 0.15) is 59.5 Å². The fourth-order valence-electron chi connectivity index (χ4n) is 5.67. The van der Waals surface area contributed by atoms with E-state index in [0.29, 0.717) is 35.4 Å². The smallest absolute Gasteiger partial charge is 0.390 e. The van der Waals surface area contributed by atoms with E-state index in [0.717, 1.165) is 18.4 Å². The van der Waals surface area contributed by atoms with Crippen LogP contribution < -0.4 is 15.6 Å². The zero-order chi connectivity index (χ0) is 29.2. The third-order valence-electron chi connectivity index (χ3n) is 7.69. The van der Waals surface area contributed by atoms with Gasteiger partial charge in [0.25, 0.3) is 11.5 Å². The monoisotopic (exact) mass is 568 g/mol. The molecule has 3 heterocycles. The molecule has 1 fully saturated rings. The summed E-state index contributed by atoms with van der Waals surface area (Å²) in [5.74, 6) is -0.566. The zero-order valence-electron chi connectivity index (χ0n) is 22.6. The van der Waals surface area contributed by atoms with Gasteiger partial charge in [-0.05, 0) is 58.7 Å². The van der Waals surface area contributed by atoms with Gasteiger partial charge in [0, 0.05) is 40.9 Å². The number of hydrogen-bond acceptors (Lipinski definition) is 4. The molecular weight excluding hydrogens is 535 g/mol. The highest BCUT2D eigenvalue weighted by Gasteiger charge is 2.32. The van der Waals surface area contributed by atoms with Crippen molar-refractivity contribution in [1.82, 2.24) is 19.8 Å². The number of amides is 1. The number of fused-ring (bicyclic) bond motifs is 1. The minimum absolute atomic E-state index is 0.00567. The van der Waals surface area contributed by atoms with E-state index in [1.807, 2.05) is 36.1 Å². The Hall–Kier alpha value is -3.41. The summed E-state index contributed by atoms with van der Waals surface area (Å²) in [4.78, 5) is 30.3. The van der Waals surface area contributed by atoms with Gasteiger partial charge in [0.05, 0.1) is 24.1 Å². The van der Waals surface area contributed by atoms with Crippen molar-refractivity contribution in [2.24, 2.45) is 5.92 Å². The summed E-state index contributed by atoms with van der Waals surface area (Å²) in [6.07, 6.45) is -3.53. The lowest BCUT2D eigenvalue weighted by molar-refractivity contribution is -0.138.